The average Bonchev–Trinajstić information content (AvgIpc) is 3.20. The number of nitrogens with zero attached hydrogens (tertiary/aromatic N) is 4. The quantitative estimate of drug-likeness (QED) is 0.402. The number of rotatable bonds is 7. The van der Waals surface area contributed by atoms with Crippen LogP contribution >= 0.6 is 35.0 Å². The fraction of sp³-hybridized carbons (Fsp3) is 0.235. The number of hydrogen-bond acceptors (Lipinski definition) is 6. The molecule has 6 nitrogen and oxygen atoms in total. The summed E-state index contributed by atoms with van der Waals surface area (Å²) >= 11 is 13.7. The predicted octanol–water partition coefficient (Wildman–Crippen LogP) is 5.06. The zero-order valence-electron chi connectivity index (χ0n) is 14.1. The zero-order valence-corrected chi connectivity index (χ0v) is 16.5. The molecule has 0 saturated heterocycles. The molecule has 0 radical (unpaired) electrons. The fourth-order valence-corrected chi connectivity index (χ4v) is 3.27. The monoisotopic (exact) mass is 410 g/mol. The molecule has 9 heteroatoms. The molecule has 1 aromatic carbocycles. The standard InChI is InChI=1S/C17H16Cl2N4O2S/c1-3-26-17-22-21-11(2)23(17)20-9-12-7-8-13(25-12)10-24-16-14(18)5-4-6-15(16)19/h4-9H,3,10H2,1-2H3/b20-9+. The van der Waals surface area contributed by atoms with Crippen molar-refractivity contribution in [2.75, 3.05) is 5.75 Å². The van der Waals surface area contributed by atoms with E-state index < -0.39 is 0 Å². The number of ether oxygens (including phenoxy) is 1. The van der Waals surface area contributed by atoms with Crippen molar-refractivity contribution in [3.63, 3.8) is 0 Å². The highest BCUT2D eigenvalue weighted by molar-refractivity contribution is 7.99. The van der Waals surface area contributed by atoms with Crippen molar-refractivity contribution in [1.29, 1.82) is 0 Å². The number of thioether (sulfide) groups is 1. The molecule has 2 aromatic heterocycles. The van der Waals surface area contributed by atoms with Crippen LogP contribution < -0.4 is 4.74 Å². The van der Waals surface area contributed by atoms with Gasteiger partial charge in [0, 0.05) is 0 Å². The molecular weight excluding hydrogens is 395 g/mol. The van der Waals surface area contributed by atoms with Crippen molar-refractivity contribution in [1.82, 2.24) is 14.9 Å². The summed E-state index contributed by atoms with van der Waals surface area (Å²) in [5.74, 6) is 3.26. The number of para-hydroxylation sites is 1. The Hall–Kier alpha value is -1.96. The second-order valence-corrected chi connectivity index (χ2v) is 7.21. The molecule has 0 unspecified atom stereocenters. The van der Waals surface area contributed by atoms with Crippen LogP contribution in [0.1, 0.15) is 24.3 Å². The lowest BCUT2D eigenvalue weighted by Crippen LogP contribution is -1.96. The Labute approximate surface area is 165 Å². The van der Waals surface area contributed by atoms with Gasteiger partial charge < -0.3 is 9.15 Å². The minimum Gasteiger partial charge on any atom is -0.483 e. The molecule has 0 saturated carbocycles. The minimum atomic E-state index is 0.208. The van der Waals surface area contributed by atoms with E-state index in [2.05, 4.69) is 15.3 Å². The lowest BCUT2D eigenvalue weighted by molar-refractivity contribution is 0.270. The SMILES string of the molecule is CCSc1nnc(C)n1/N=C/c1ccc(COc2c(Cl)cccc2Cl)o1. The van der Waals surface area contributed by atoms with E-state index in [1.165, 1.54) is 0 Å². The minimum absolute atomic E-state index is 0.208. The van der Waals surface area contributed by atoms with Crippen LogP contribution in [-0.4, -0.2) is 26.8 Å². The molecule has 3 rings (SSSR count). The molecule has 0 aliphatic carbocycles. The van der Waals surface area contributed by atoms with Gasteiger partial charge in [0.15, 0.2) is 11.6 Å². The van der Waals surface area contributed by atoms with Crippen LogP contribution in [0.3, 0.4) is 0 Å². The second kappa shape index (κ2) is 8.62. The summed E-state index contributed by atoms with van der Waals surface area (Å²) in [6.07, 6.45) is 1.61. The Morgan fingerprint density at radius 2 is 2.00 bits per heavy atom. The Balaban J connectivity index is 1.68. The van der Waals surface area contributed by atoms with E-state index in [1.807, 2.05) is 26.0 Å². The Bertz CT molecular complexity index is 903. The van der Waals surface area contributed by atoms with E-state index in [-0.39, 0.29) is 6.61 Å². The largest absolute Gasteiger partial charge is 0.483 e. The van der Waals surface area contributed by atoms with Gasteiger partial charge in [0.25, 0.3) is 0 Å². The van der Waals surface area contributed by atoms with E-state index in [9.17, 15) is 0 Å². The fourth-order valence-electron chi connectivity index (χ4n) is 2.11. The Kier molecular flexibility index (Phi) is 6.24. The third-order valence-electron chi connectivity index (χ3n) is 3.30. The van der Waals surface area contributed by atoms with E-state index >= 15 is 0 Å². The van der Waals surface area contributed by atoms with Crippen LogP contribution in [0.5, 0.6) is 5.75 Å². The normalized spacial score (nSPS) is 11.4. The summed E-state index contributed by atoms with van der Waals surface area (Å²) in [6, 6.07) is 8.82. The molecule has 0 aliphatic rings. The highest BCUT2D eigenvalue weighted by Gasteiger charge is 2.10. The van der Waals surface area contributed by atoms with Crippen LogP contribution in [0.15, 0.2) is 45.0 Å². The number of aryl methyl sites for hydroxylation is 1. The first-order valence-electron chi connectivity index (χ1n) is 7.83. The number of hydrogen-bond donors (Lipinski definition) is 0. The third-order valence-corrected chi connectivity index (χ3v) is 4.70. The Morgan fingerprint density at radius 3 is 2.73 bits per heavy atom. The molecule has 0 amide bonds. The summed E-state index contributed by atoms with van der Waals surface area (Å²) in [5.41, 5.74) is 0. The number of benzene rings is 1. The molecule has 26 heavy (non-hydrogen) atoms. The first kappa shape index (κ1) is 18.8. The van der Waals surface area contributed by atoms with Crippen LogP contribution in [0.2, 0.25) is 10.0 Å². The van der Waals surface area contributed by atoms with E-state index in [0.29, 0.717) is 33.1 Å². The summed E-state index contributed by atoms with van der Waals surface area (Å²) in [7, 11) is 0. The van der Waals surface area contributed by atoms with Gasteiger partial charge in [0.2, 0.25) is 5.16 Å². The van der Waals surface area contributed by atoms with Crippen molar-refractivity contribution in [3.8, 4) is 5.75 Å². The number of aromatic nitrogens is 3. The van der Waals surface area contributed by atoms with Crippen molar-refractivity contribution in [2.24, 2.45) is 5.10 Å². The molecule has 0 N–H and O–H groups in total. The Morgan fingerprint density at radius 1 is 1.23 bits per heavy atom. The van der Waals surface area contributed by atoms with Crippen molar-refractivity contribution in [3.05, 3.63) is 57.7 Å². The summed E-state index contributed by atoms with van der Waals surface area (Å²) in [6.45, 7) is 4.10. The number of halogens is 2. The molecule has 0 atom stereocenters. The van der Waals surface area contributed by atoms with Gasteiger partial charge in [-0.15, -0.1) is 10.2 Å². The van der Waals surface area contributed by atoms with Gasteiger partial charge in [-0.1, -0.05) is 48.0 Å². The van der Waals surface area contributed by atoms with Gasteiger partial charge in [-0.05, 0) is 36.9 Å². The van der Waals surface area contributed by atoms with Crippen molar-refractivity contribution >= 4 is 41.2 Å². The first-order valence-corrected chi connectivity index (χ1v) is 9.57. The highest BCUT2D eigenvalue weighted by Crippen LogP contribution is 2.33. The molecular formula is C17H16Cl2N4O2S. The summed E-state index contributed by atoms with van der Waals surface area (Å²) in [4.78, 5) is 0. The van der Waals surface area contributed by atoms with Crippen LogP contribution in [0, 0.1) is 6.92 Å². The number of furan rings is 1. The summed E-state index contributed by atoms with van der Waals surface area (Å²) in [5, 5.41) is 14.2. The molecule has 0 aliphatic heterocycles. The van der Waals surface area contributed by atoms with Gasteiger partial charge in [0.05, 0.1) is 16.3 Å². The lowest BCUT2D eigenvalue weighted by atomic mass is 10.3. The molecule has 136 valence electrons. The van der Waals surface area contributed by atoms with E-state index in [0.717, 1.165) is 10.9 Å². The lowest BCUT2D eigenvalue weighted by Gasteiger charge is -2.07. The second-order valence-electron chi connectivity index (χ2n) is 5.16. The van der Waals surface area contributed by atoms with E-state index in [4.69, 9.17) is 32.4 Å². The third kappa shape index (κ3) is 4.41. The van der Waals surface area contributed by atoms with E-state index in [1.54, 1.807) is 40.9 Å². The smallest absolute Gasteiger partial charge is 0.212 e. The first-order chi connectivity index (χ1) is 12.6. The predicted molar refractivity (Wildman–Crippen MR) is 104 cm³/mol. The van der Waals surface area contributed by atoms with Crippen LogP contribution in [0.25, 0.3) is 0 Å². The van der Waals surface area contributed by atoms with Gasteiger partial charge in [-0.2, -0.15) is 9.78 Å². The van der Waals surface area contributed by atoms with Gasteiger partial charge in [-0.25, -0.2) is 0 Å². The molecule has 3 aromatic rings. The average molecular weight is 411 g/mol. The zero-order chi connectivity index (χ0) is 18.5. The van der Waals surface area contributed by atoms with Crippen LogP contribution in [-0.2, 0) is 6.61 Å². The van der Waals surface area contributed by atoms with Gasteiger partial charge >= 0.3 is 0 Å². The maximum Gasteiger partial charge on any atom is 0.212 e. The molecule has 0 fully saturated rings. The van der Waals surface area contributed by atoms with Crippen LogP contribution in [0.4, 0.5) is 0 Å². The molecule has 2 heterocycles. The topological polar surface area (TPSA) is 65.4 Å². The maximum absolute atomic E-state index is 6.09. The van der Waals surface area contributed by atoms with Crippen molar-refractivity contribution in [2.45, 2.75) is 25.6 Å². The van der Waals surface area contributed by atoms with Crippen molar-refractivity contribution < 1.29 is 9.15 Å². The van der Waals surface area contributed by atoms with Gasteiger partial charge in [-0.3, -0.25) is 0 Å². The summed E-state index contributed by atoms with van der Waals surface area (Å²) < 4.78 is 13.0. The molecule has 0 bridgehead atoms. The maximum atomic E-state index is 6.09. The molecule has 0 spiro atoms. The van der Waals surface area contributed by atoms with Gasteiger partial charge in [0.1, 0.15) is 18.1 Å². The highest BCUT2D eigenvalue weighted by atomic mass is 35.5.